The van der Waals surface area contributed by atoms with Crippen molar-refractivity contribution in [2.45, 2.75) is 38.0 Å². The molecule has 0 amide bonds. The summed E-state index contributed by atoms with van der Waals surface area (Å²) >= 11 is 0. The third kappa shape index (κ3) is 11.8. The minimum atomic E-state index is -3.11. The molecule has 166 valence electrons. The van der Waals surface area contributed by atoms with Crippen molar-refractivity contribution in [2.75, 3.05) is 45.2 Å². The summed E-state index contributed by atoms with van der Waals surface area (Å²) in [6, 6.07) is 9.28. The van der Waals surface area contributed by atoms with Gasteiger partial charge in [0.05, 0.1) is 24.2 Å². The number of guanidine groups is 1. The maximum Gasteiger partial charge on any atom is 0.191 e. The highest BCUT2D eigenvalue weighted by Gasteiger charge is 2.15. The lowest BCUT2D eigenvalue weighted by Gasteiger charge is -2.13. The molecular formula is C20H34IN3O4S. The molecule has 0 aliphatic carbocycles. The normalized spacial score (nSPS) is 17.0. The Bertz CT molecular complexity index is 680. The number of benzene rings is 1. The van der Waals surface area contributed by atoms with Crippen molar-refractivity contribution in [3.63, 3.8) is 0 Å². The van der Waals surface area contributed by atoms with E-state index in [-0.39, 0.29) is 41.6 Å². The van der Waals surface area contributed by atoms with E-state index >= 15 is 0 Å². The SMILES string of the molecule is CCNC(=NCCCS(=O)(=O)Cc1ccccc1)NCCCOC1CCOC1.I. The minimum Gasteiger partial charge on any atom is -0.379 e. The van der Waals surface area contributed by atoms with Crippen molar-refractivity contribution in [1.82, 2.24) is 10.6 Å². The van der Waals surface area contributed by atoms with Crippen molar-refractivity contribution in [2.24, 2.45) is 4.99 Å². The highest BCUT2D eigenvalue weighted by atomic mass is 127. The van der Waals surface area contributed by atoms with Crippen LogP contribution in [0.5, 0.6) is 0 Å². The number of sulfone groups is 1. The molecule has 1 heterocycles. The predicted octanol–water partition coefficient (Wildman–Crippen LogP) is 2.36. The summed E-state index contributed by atoms with van der Waals surface area (Å²) in [4.78, 5) is 4.47. The Morgan fingerprint density at radius 1 is 1.24 bits per heavy atom. The highest BCUT2D eigenvalue weighted by Crippen LogP contribution is 2.08. The van der Waals surface area contributed by atoms with Crippen LogP contribution < -0.4 is 10.6 Å². The monoisotopic (exact) mass is 539 g/mol. The Labute approximate surface area is 192 Å². The Kier molecular flexibility index (Phi) is 13.5. The van der Waals surface area contributed by atoms with Gasteiger partial charge in [-0.1, -0.05) is 30.3 Å². The zero-order valence-electron chi connectivity index (χ0n) is 17.1. The first kappa shape index (κ1) is 26.1. The van der Waals surface area contributed by atoms with Crippen molar-refractivity contribution >= 4 is 39.8 Å². The number of nitrogens with one attached hydrogen (secondary N) is 2. The zero-order chi connectivity index (χ0) is 20.1. The molecule has 0 bridgehead atoms. The average Bonchev–Trinajstić information content (AvgIpc) is 3.19. The maximum absolute atomic E-state index is 12.2. The van der Waals surface area contributed by atoms with Gasteiger partial charge in [-0.05, 0) is 31.7 Å². The molecule has 1 aromatic carbocycles. The lowest BCUT2D eigenvalue weighted by Crippen LogP contribution is -2.38. The van der Waals surface area contributed by atoms with Crippen LogP contribution in [0.2, 0.25) is 0 Å². The van der Waals surface area contributed by atoms with Gasteiger partial charge in [0.1, 0.15) is 0 Å². The fraction of sp³-hybridized carbons (Fsp3) is 0.650. The topological polar surface area (TPSA) is 89.0 Å². The fourth-order valence-corrected chi connectivity index (χ4v) is 4.30. The Morgan fingerprint density at radius 3 is 2.72 bits per heavy atom. The Hall–Kier alpha value is -0.910. The van der Waals surface area contributed by atoms with Crippen LogP contribution in [0.3, 0.4) is 0 Å². The van der Waals surface area contributed by atoms with E-state index in [1.165, 1.54) is 0 Å². The van der Waals surface area contributed by atoms with Crippen LogP contribution in [-0.4, -0.2) is 65.7 Å². The summed E-state index contributed by atoms with van der Waals surface area (Å²) in [6.45, 7) is 6.17. The van der Waals surface area contributed by atoms with Gasteiger partial charge >= 0.3 is 0 Å². The molecule has 7 nitrogen and oxygen atoms in total. The van der Waals surface area contributed by atoms with Crippen LogP contribution in [-0.2, 0) is 25.1 Å². The maximum atomic E-state index is 12.2. The molecule has 0 radical (unpaired) electrons. The molecule has 1 fully saturated rings. The standard InChI is InChI=1S/C20H33N3O4S.HI/c1-2-21-20(22-11-6-13-27-19-10-14-26-16-19)23-12-7-15-28(24,25)17-18-8-4-3-5-9-18;/h3-5,8-9,19H,2,6-7,10-17H2,1H3,(H2,21,22,23);1H. The number of rotatable bonds is 12. The van der Waals surface area contributed by atoms with E-state index in [1.54, 1.807) is 0 Å². The van der Waals surface area contributed by atoms with Crippen LogP contribution in [0.15, 0.2) is 35.3 Å². The van der Waals surface area contributed by atoms with Crippen LogP contribution >= 0.6 is 24.0 Å². The first-order valence-corrected chi connectivity index (χ1v) is 11.9. The van der Waals surface area contributed by atoms with E-state index in [9.17, 15) is 8.42 Å². The van der Waals surface area contributed by atoms with Crippen molar-refractivity contribution in [3.05, 3.63) is 35.9 Å². The van der Waals surface area contributed by atoms with Crippen molar-refractivity contribution in [3.8, 4) is 0 Å². The molecule has 2 N–H and O–H groups in total. The Balaban J connectivity index is 0.00000420. The van der Waals surface area contributed by atoms with E-state index in [0.29, 0.717) is 32.1 Å². The third-order valence-corrected chi connectivity index (χ3v) is 6.00. The molecule has 0 aromatic heterocycles. The predicted molar refractivity (Wildman–Crippen MR) is 128 cm³/mol. The van der Waals surface area contributed by atoms with Crippen LogP contribution in [0, 0.1) is 0 Å². The van der Waals surface area contributed by atoms with E-state index in [1.807, 2.05) is 37.3 Å². The molecule has 0 saturated carbocycles. The number of nitrogens with zero attached hydrogens (tertiary/aromatic N) is 1. The summed E-state index contributed by atoms with van der Waals surface area (Å²) in [5.41, 5.74) is 0.826. The number of hydrogen-bond acceptors (Lipinski definition) is 5. The minimum absolute atomic E-state index is 0. The molecule has 1 saturated heterocycles. The van der Waals surface area contributed by atoms with Crippen LogP contribution in [0.4, 0.5) is 0 Å². The van der Waals surface area contributed by atoms with Gasteiger partial charge < -0.3 is 20.1 Å². The molecule has 1 aliphatic rings. The second-order valence-corrected chi connectivity index (χ2v) is 9.01. The van der Waals surface area contributed by atoms with Gasteiger partial charge in [0.2, 0.25) is 0 Å². The summed E-state index contributed by atoms with van der Waals surface area (Å²) in [5, 5.41) is 6.44. The van der Waals surface area contributed by atoms with Gasteiger partial charge in [-0.15, -0.1) is 24.0 Å². The van der Waals surface area contributed by atoms with E-state index in [4.69, 9.17) is 9.47 Å². The molecule has 1 aliphatic heterocycles. The van der Waals surface area contributed by atoms with Gasteiger partial charge in [-0.25, -0.2) is 8.42 Å². The summed E-state index contributed by atoms with van der Waals surface area (Å²) in [6.07, 6.45) is 2.60. The summed E-state index contributed by atoms with van der Waals surface area (Å²) < 4.78 is 35.5. The van der Waals surface area contributed by atoms with Crippen LogP contribution in [0.25, 0.3) is 0 Å². The first-order valence-electron chi connectivity index (χ1n) is 10.0. The number of halogens is 1. The molecule has 9 heteroatoms. The number of aliphatic imine (C=N–C) groups is 1. The molecule has 29 heavy (non-hydrogen) atoms. The number of hydrogen-bond donors (Lipinski definition) is 2. The van der Waals surface area contributed by atoms with Crippen LogP contribution in [0.1, 0.15) is 31.7 Å². The number of ether oxygens (including phenoxy) is 2. The fourth-order valence-electron chi connectivity index (χ4n) is 2.89. The second kappa shape index (κ2) is 15.0. The molecule has 1 unspecified atom stereocenters. The molecule has 0 spiro atoms. The molecule has 1 atom stereocenters. The largest absolute Gasteiger partial charge is 0.379 e. The first-order chi connectivity index (χ1) is 13.6. The van der Waals surface area contributed by atoms with E-state index in [2.05, 4.69) is 15.6 Å². The quantitative estimate of drug-likeness (QED) is 0.184. The van der Waals surface area contributed by atoms with Crippen molar-refractivity contribution in [1.29, 1.82) is 0 Å². The zero-order valence-corrected chi connectivity index (χ0v) is 20.3. The van der Waals surface area contributed by atoms with Crippen molar-refractivity contribution < 1.29 is 17.9 Å². The summed E-state index contributed by atoms with van der Waals surface area (Å²) in [5.74, 6) is 0.941. The average molecular weight is 539 g/mol. The van der Waals surface area contributed by atoms with E-state index < -0.39 is 9.84 Å². The lowest BCUT2D eigenvalue weighted by molar-refractivity contribution is 0.0420. The molecular weight excluding hydrogens is 505 g/mol. The highest BCUT2D eigenvalue weighted by molar-refractivity contribution is 14.0. The van der Waals surface area contributed by atoms with Gasteiger partial charge in [0.25, 0.3) is 0 Å². The second-order valence-electron chi connectivity index (χ2n) is 6.83. The Morgan fingerprint density at radius 2 is 2.03 bits per heavy atom. The smallest absolute Gasteiger partial charge is 0.191 e. The van der Waals surface area contributed by atoms with E-state index in [0.717, 1.165) is 38.1 Å². The van der Waals surface area contributed by atoms with Gasteiger partial charge in [-0.2, -0.15) is 0 Å². The third-order valence-electron chi connectivity index (χ3n) is 4.31. The van der Waals surface area contributed by atoms with Gasteiger partial charge in [0.15, 0.2) is 15.8 Å². The van der Waals surface area contributed by atoms with Gasteiger partial charge in [-0.3, -0.25) is 4.99 Å². The van der Waals surface area contributed by atoms with Gasteiger partial charge in [0, 0.05) is 32.8 Å². The summed E-state index contributed by atoms with van der Waals surface area (Å²) in [7, 11) is -3.11. The lowest BCUT2D eigenvalue weighted by atomic mass is 10.2. The molecule has 2 rings (SSSR count). The molecule has 1 aromatic rings.